The number of benzene rings is 2. The molecular formula is C20H24N2O3. The molecule has 2 aromatic rings. The number of hydrogen-bond acceptors (Lipinski definition) is 3. The summed E-state index contributed by atoms with van der Waals surface area (Å²) in [5.74, 6) is 0.713. The standard InChI is InChI=1S/C20H24N2O3/c1-4-25-18-12-10-17(11-13-18)21-19(23)14-7-15-5-8-16(9-6-15)20(24)22(2)3/h5-6,8-13H,4,7,14H2,1-3H3,(H,21,23). The number of nitrogens with zero attached hydrogens (tertiary/aromatic N) is 1. The Morgan fingerprint density at radius 3 is 2.20 bits per heavy atom. The van der Waals surface area contributed by atoms with Crippen LogP contribution in [0.25, 0.3) is 0 Å². The van der Waals surface area contributed by atoms with Gasteiger partial charge in [0.15, 0.2) is 0 Å². The van der Waals surface area contributed by atoms with Crippen molar-refractivity contribution < 1.29 is 14.3 Å². The van der Waals surface area contributed by atoms with E-state index in [-0.39, 0.29) is 11.8 Å². The van der Waals surface area contributed by atoms with Crippen LogP contribution in [0.2, 0.25) is 0 Å². The molecule has 0 atom stereocenters. The van der Waals surface area contributed by atoms with Crippen molar-refractivity contribution >= 4 is 17.5 Å². The van der Waals surface area contributed by atoms with Crippen molar-refractivity contribution in [2.24, 2.45) is 0 Å². The fourth-order valence-electron chi connectivity index (χ4n) is 2.35. The van der Waals surface area contributed by atoms with Gasteiger partial charge in [0.1, 0.15) is 5.75 Å². The summed E-state index contributed by atoms with van der Waals surface area (Å²) in [7, 11) is 3.45. The Labute approximate surface area is 148 Å². The molecule has 2 amide bonds. The van der Waals surface area contributed by atoms with E-state index in [1.165, 1.54) is 0 Å². The lowest BCUT2D eigenvalue weighted by molar-refractivity contribution is -0.116. The third-order valence-electron chi connectivity index (χ3n) is 3.70. The quantitative estimate of drug-likeness (QED) is 0.841. The molecule has 0 aliphatic rings. The van der Waals surface area contributed by atoms with Crippen LogP contribution in [-0.4, -0.2) is 37.4 Å². The van der Waals surface area contributed by atoms with Gasteiger partial charge < -0.3 is 15.0 Å². The monoisotopic (exact) mass is 340 g/mol. The Balaban J connectivity index is 1.84. The Morgan fingerprint density at radius 2 is 1.64 bits per heavy atom. The van der Waals surface area contributed by atoms with Gasteiger partial charge in [0.2, 0.25) is 5.91 Å². The highest BCUT2D eigenvalue weighted by Gasteiger charge is 2.08. The molecule has 132 valence electrons. The number of carbonyl (C=O) groups excluding carboxylic acids is 2. The van der Waals surface area contributed by atoms with Crippen LogP contribution in [0.4, 0.5) is 5.69 Å². The Hall–Kier alpha value is -2.82. The average molecular weight is 340 g/mol. The predicted molar refractivity (Wildman–Crippen MR) is 99.0 cm³/mol. The van der Waals surface area contributed by atoms with Gasteiger partial charge in [0, 0.05) is 31.8 Å². The summed E-state index contributed by atoms with van der Waals surface area (Å²) in [5, 5.41) is 2.87. The van der Waals surface area contributed by atoms with E-state index in [2.05, 4.69) is 5.32 Å². The van der Waals surface area contributed by atoms with Gasteiger partial charge >= 0.3 is 0 Å². The first-order valence-corrected chi connectivity index (χ1v) is 8.33. The van der Waals surface area contributed by atoms with Gasteiger partial charge in [0.05, 0.1) is 6.61 Å². The molecule has 0 aromatic heterocycles. The average Bonchev–Trinajstić information content (AvgIpc) is 2.61. The van der Waals surface area contributed by atoms with E-state index < -0.39 is 0 Å². The van der Waals surface area contributed by atoms with Crippen LogP contribution in [0.1, 0.15) is 29.3 Å². The second kappa shape index (κ2) is 8.87. The number of aryl methyl sites for hydroxylation is 1. The van der Waals surface area contributed by atoms with E-state index in [0.29, 0.717) is 25.0 Å². The summed E-state index contributed by atoms with van der Waals surface area (Å²) >= 11 is 0. The number of hydrogen-bond donors (Lipinski definition) is 1. The number of anilines is 1. The van der Waals surface area contributed by atoms with Crippen LogP contribution in [0.3, 0.4) is 0 Å². The Morgan fingerprint density at radius 1 is 1.00 bits per heavy atom. The van der Waals surface area contributed by atoms with Gasteiger partial charge in [-0.2, -0.15) is 0 Å². The van der Waals surface area contributed by atoms with Gasteiger partial charge in [-0.1, -0.05) is 12.1 Å². The minimum absolute atomic E-state index is 0.0280. The lowest BCUT2D eigenvalue weighted by Crippen LogP contribution is -2.21. The van der Waals surface area contributed by atoms with Crippen molar-refractivity contribution in [2.75, 3.05) is 26.0 Å². The van der Waals surface area contributed by atoms with Crippen LogP contribution in [0.15, 0.2) is 48.5 Å². The molecule has 0 unspecified atom stereocenters. The van der Waals surface area contributed by atoms with Crippen LogP contribution >= 0.6 is 0 Å². The van der Waals surface area contributed by atoms with Crippen molar-refractivity contribution in [1.82, 2.24) is 4.90 Å². The Bertz CT molecular complexity index is 707. The van der Waals surface area contributed by atoms with Crippen LogP contribution < -0.4 is 10.1 Å². The number of rotatable bonds is 7. The zero-order valence-electron chi connectivity index (χ0n) is 14.9. The molecule has 0 aliphatic carbocycles. The first-order chi connectivity index (χ1) is 12.0. The number of amides is 2. The summed E-state index contributed by atoms with van der Waals surface area (Å²) in [6.45, 7) is 2.54. The summed E-state index contributed by atoms with van der Waals surface area (Å²) in [6, 6.07) is 14.7. The van der Waals surface area contributed by atoms with Gasteiger partial charge in [-0.15, -0.1) is 0 Å². The molecule has 0 heterocycles. The van der Waals surface area contributed by atoms with Gasteiger partial charge in [-0.3, -0.25) is 9.59 Å². The van der Waals surface area contributed by atoms with Crippen molar-refractivity contribution in [3.05, 3.63) is 59.7 Å². The molecule has 25 heavy (non-hydrogen) atoms. The first-order valence-electron chi connectivity index (χ1n) is 8.33. The van der Waals surface area contributed by atoms with Gasteiger partial charge in [-0.25, -0.2) is 0 Å². The molecule has 0 saturated carbocycles. The minimum Gasteiger partial charge on any atom is -0.494 e. The van der Waals surface area contributed by atoms with E-state index >= 15 is 0 Å². The summed E-state index contributed by atoms with van der Waals surface area (Å²) in [6.07, 6.45) is 1.01. The van der Waals surface area contributed by atoms with E-state index in [1.54, 1.807) is 31.1 Å². The lowest BCUT2D eigenvalue weighted by atomic mass is 10.1. The van der Waals surface area contributed by atoms with Gasteiger partial charge in [0.25, 0.3) is 5.91 Å². The number of nitrogens with one attached hydrogen (secondary N) is 1. The predicted octanol–water partition coefficient (Wildman–Crippen LogP) is 3.36. The van der Waals surface area contributed by atoms with Crippen molar-refractivity contribution in [3.8, 4) is 5.75 Å². The molecule has 2 aromatic carbocycles. The fraction of sp³-hybridized carbons (Fsp3) is 0.300. The van der Waals surface area contributed by atoms with E-state index in [9.17, 15) is 9.59 Å². The first kappa shape index (κ1) is 18.5. The topological polar surface area (TPSA) is 58.6 Å². The summed E-state index contributed by atoms with van der Waals surface area (Å²) in [4.78, 5) is 25.4. The molecule has 1 N–H and O–H groups in total. The van der Waals surface area contributed by atoms with Crippen molar-refractivity contribution in [2.45, 2.75) is 19.8 Å². The highest BCUT2D eigenvalue weighted by atomic mass is 16.5. The molecule has 0 aliphatic heterocycles. The second-order valence-electron chi connectivity index (χ2n) is 5.90. The smallest absolute Gasteiger partial charge is 0.253 e. The van der Waals surface area contributed by atoms with Crippen molar-refractivity contribution in [3.63, 3.8) is 0 Å². The SMILES string of the molecule is CCOc1ccc(NC(=O)CCc2ccc(C(=O)N(C)C)cc2)cc1. The largest absolute Gasteiger partial charge is 0.494 e. The third kappa shape index (κ3) is 5.64. The van der Waals surface area contributed by atoms with Gasteiger partial charge in [-0.05, 0) is 55.3 Å². The summed E-state index contributed by atoms with van der Waals surface area (Å²) < 4.78 is 5.37. The second-order valence-corrected chi connectivity index (χ2v) is 5.90. The normalized spacial score (nSPS) is 10.2. The maximum absolute atomic E-state index is 12.1. The van der Waals surface area contributed by atoms with Crippen LogP contribution in [0, 0.1) is 0 Å². The summed E-state index contributed by atoms with van der Waals surface area (Å²) in [5.41, 5.74) is 2.42. The molecule has 0 spiro atoms. The number of ether oxygens (including phenoxy) is 1. The molecule has 0 fully saturated rings. The molecule has 5 heteroatoms. The van der Waals surface area contributed by atoms with Crippen LogP contribution in [0.5, 0.6) is 5.75 Å². The molecule has 0 bridgehead atoms. The fourth-order valence-corrected chi connectivity index (χ4v) is 2.35. The van der Waals surface area contributed by atoms with E-state index in [0.717, 1.165) is 17.0 Å². The molecule has 2 rings (SSSR count). The minimum atomic E-state index is -0.0439. The van der Waals surface area contributed by atoms with Crippen LogP contribution in [-0.2, 0) is 11.2 Å². The molecule has 0 radical (unpaired) electrons. The van der Waals surface area contributed by atoms with Crippen molar-refractivity contribution in [1.29, 1.82) is 0 Å². The maximum Gasteiger partial charge on any atom is 0.253 e. The zero-order valence-corrected chi connectivity index (χ0v) is 14.9. The number of carbonyl (C=O) groups is 2. The molecule has 0 saturated heterocycles. The molecular weight excluding hydrogens is 316 g/mol. The molecule has 5 nitrogen and oxygen atoms in total. The highest BCUT2D eigenvalue weighted by molar-refractivity contribution is 5.94. The lowest BCUT2D eigenvalue weighted by Gasteiger charge is -2.10. The highest BCUT2D eigenvalue weighted by Crippen LogP contribution is 2.16. The zero-order chi connectivity index (χ0) is 18.2. The van der Waals surface area contributed by atoms with E-state index in [1.807, 2.05) is 43.3 Å². The maximum atomic E-state index is 12.1. The van der Waals surface area contributed by atoms with E-state index in [4.69, 9.17) is 4.74 Å². The Kier molecular flexibility index (Phi) is 6.57. The third-order valence-corrected chi connectivity index (χ3v) is 3.70.